The number of amides is 1. The van der Waals surface area contributed by atoms with Gasteiger partial charge < -0.3 is 14.8 Å². The van der Waals surface area contributed by atoms with Crippen LogP contribution in [0.1, 0.15) is 45.1 Å². The van der Waals surface area contributed by atoms with Crippen LogP contribution in [0.3, 0.4) is 0 Å². The zero-order chi connectivity index (χ0) is 25.6. The minimum absolute atomic E-state index is 0.0108. The van der Waals surface area contributed by atoms with Crippen molar-refractivity contribution < 1.29 is 27.1 Å². The standard InChI is InChI=1S/C25H29FN4O5S/c1-14(2)34-25(31)30-16-4-5-17(30)11-18(10-16)35-24-15(3)23(27-13-28-24)29-22-9-8-20(12-21(22)26)36(32,33)19-6-7-19/h4-5,8-9,12-14,16-19H,6-7,10-11H2,1-3H3,(H,27,28,29)/t16-,17?,18?/m0/s1. The van der Waals surface area contributed by atoms with Crippen molar-refractivity contribution in [3.63, 3.8) is 0 Å². The maximum atomic E-state index is 14.8. The van der Waals surface area contributed by atoms with Gasteiger partial charge in [0.25, 0.3) is 0 Å². The fraction of sp³-hybridized carbons (Fsp3) is 0.480. The SMILES string of the molecule is Cc1c(Nc2ccc(S(=O)(=O)C3CC3)cc2F)ncnc1OC1CC2C=C[C@@H](C1)N2C(=O)OC(C)C. The van der Waals surface area contributed by atoms with Crippen LogP contribution < -0.4 is 10.1 Å². The second-order valence-corrected chi connectivity index (χ2v) is 12.0. The van der Waals surface area contributed by atoms with Gasteiger partial charge in [0.1, 0.15) is 24.1 Å². The molecule has 9 nitrogen and oxygen atoms in total. The third-order valence-corrected chi connectivity index (χ3v) is 8.89. The van der Waals surface area contributed by atoms with E-state index in [4.69, 9.17) is 9.47 Å². The number of carbonyl (C=O) groups is 1. The lowest BCUT2D eigenvalue weighted by molar-refractivity contribution is 0.0264. The van der Waals surface area contributed by atoms with Gasteiger partial charge in [-0.25, -0.2) is 27.6 Å². The number of anilines is 2. The Hall–Kier alpha value is -3.21. The number of fused-ring (bicyclic) bond motifs is 2. The van der Waals surface area contributed by atoms with Gasteiger partial charge in [-0.05, 0) is 51.8 Å². The minimum atomic E-state index is -3.48. The molecule has 2 fully saturated rings. The third-order valence-electron chi connectivity index (χ3n) is 6.63. The van der Waals surface area contributed by atoms with E-state index in [9.17, 15) is 17.6 Å². The molecule has 192 valence electrons. The Morgan fingerprint density at radius 1 is 1.17 bits per heavy atom. The van der Waals surface area contributed by atoms with Gasteiger partial charge in [-0.3, -0.25) is 4.90 Å². The molecular formula is C25H29FN4O5S. The predicted molar refractivity (Wildman–Crippen MR) is 130 cm³/mol. The van der Waals surface area contributed by atoms with Crippen LogP contribution in [0.5, 0.6) is 5.88 Å². The highest BCUT2D eigenvalue weighted by molar-refractivity contribution is 7.92. The minimum Gasteiger partial charge on any atom is -0.474 e. The molecule has 2 bridgehead atoms. The van der Waals surface area contributed by atoms with Crippen molar-refractivity contribution in [2.75, 3.05) is 5.32 Å². The number of piperidine rings is 1. The van der Waals surface area contributed by atoms with E-state index >= 15 is 0 Å². The van der Waals surface area contributed by atoms with E-state index in [0.29, 0.717) is 42.9 Å². The summed E-state index contributed by atoms with van der Waals surface area (Å²) in [6.07, 6.45) is 7.07. The predicted octanol–water partition coefficient (Wildman–Crippen LogP) is 4.30. The van der Waals surface area contributed by atoms with Gasteiger partial charge in [0, 0.05) is 12.8 Å². The van der Waals surface area contributed by atoms with Crippen molar-refractivity contribution in [3.05, 3.63) is 48.1 Å². The number of aromatic nitrogens is 2. The number of nitrogens with zero attached hydrogens (tertiary/aromatic N) is 3. The lowest BCUT2D eigenvalue weighted by Gasteiger charge is -2.38. The number of nitrogens with one attached hydrogen (secondary N) is 1. The Labute approximate surface area is 209 Å². The number of carbonyl (C=O) groups excluding carboxylic acids is 1. The van der Waals surface area contributed by atoms with Crippen molar-refractivity contribution in [1.82, 2.24) is 14.9 Å². The van der Waals surface area contributed by atoms with Crippen molar-refractivity contribution >= 4 is 27.4 Å². The van der Waals surface area contributed by atoms with E-state index in [2.05, 4.69) is 15.3 Å². The van der Waals surface area contributed by atoms with E-state index in [1.165, 1.54) is 18.5 Å². The topological polar surface area (TPSA) is 111 Å². The van der Waals surface area contributed by atoms with Crippen LogP contribution in [-0.2, 0) is 14.6 Å². The maximum absolute atomic E-state index is 14.8. The number of halogens is 1. The molecule has 36 heavy (non-hydrogen) atoms. The number of benzene rings is 1. The smallest absolute Gasteiger partial charge is 0.411 e. The van der Waals surface area contributed by atoms with Gasteiger partial charge >= 0.3 is 6.09 Å². The summed E-state index contributed by atoms with van der Waals surface area (Å²) in [7, 11) is -3.48. The lowest BCUT2D eigenvalue weighted by atomic mass is 9.99. The second kappa shape index (κ2) is 9.34. The molecule has 1 aromatic heterocycles. The normalized spacial score (nSPS) is 23.1. The molecule has 2 unspecified atom stereocenters. The average Bonchev–Trinajstić information content (AvgIpc) is 3.63. The van der Waals surface area contributed by atoms with E-state index < -0.39 is 20.9 Å². The molecule has 1 amide bonds. The molecule has 2 aromatic rings. The molecule has 0 radical (unpaired) electrons. The Morgan fingerprint density at radius 2 is 1.86 bits per heavy atom. The summed E-state index contributed by atoms with van der Waals surface area (Å²) in [5.74, 6) is 0.0414. The molecule has 1 saturated heterocycles. The molecule has 11 heteroatoms. The first-order valence-electron chi connectivity index (χ1n) is 12.1. The Morgan fingerprint density at radius 3 is 2.47 bits per heavy atom. The first-order valence-corrected chi connectivity index (χ1v) is 13.6. The quantitative estimate of drug-likeness (QED) is 0.543. The zero-order valence-electron chi connectivity index (χ0n) is 20.3. The number of sulfone groups is 1. The molecule has 1 aliphatic carbocycles. The lowest BCUT2D eigenvalue weighted by Crippen LogP contribution is -2.50. The van der Waals surface area contributed by atoms with E-state index in [1.807, 2.05) is 26.0 Å². The summed E-state index contributed by atoms with van der Waals surface area (Å²) in [4.78, 5) is 22.7. The maximum Gasteiger partial charge on any atom is 0.411 e. The molecular weight excluding hydrogens is 487 g/mol. The van der Waals surface area contributed by atoms with Crippen LogP contribution in [0.25, 0.3) is 0 Å². The first kappa shape index (κ1) is 24.5. The second-order valence-electron chi connectivity index (χ2n) is 9.73. The fourth-order valence-corrected chi connectivity index (χ4v) is 6.31. The molecule has 2 aliphatic heterocycles. The Balaban J connectivity index is 1.27. The molecule has 3 atom stereocenters. The summed E-state index contributed by atoms with van der Waals surface area (Å²) in [6, 6.07) is 3.64. The van der Waals surface area contributed by atoms with E-state index in [0.717, 1.165) is 6.07 Å². The summed E-state index contributed by atoms with van der Waals surface area (Å²) >= 11 is 0. The van der Waals surface area contributed by atoms with E-state index in [1.54, 1.807) is 11.8 Å². The molecule has 3 aliphatic rings. The van der Waals surface area contributed by atoms with Crippen LogP contribution in [0.4, 0.5) is 20.7 Å². The molecule has 5 rings (SSSR count). The monoisotopic (exact) mass is 516 g/mol. The molecule has 1 aromatic carbocycles. The van der Waals surface area contributed by atoms with E-state index in [-0.39, 0.29) is 41.0 Å². The molecule has 3 heterocycles. The number of hydrogen-bond acceptors (Lipinski definition) is 8. The largest absolute Gasteiger partial charge is 0.474 e. The molecule has 1 saturated carbocycles. The van der Waals surface area contributed by atoms with Gasteiger partial charge in [0.05, 0.1) is 39.6 Å². The Bertz CT molecular complexity index is 1300. The average molecular weight is 517 g/mol. The van der Waals surface area contributed by atoms with Crippen LogP contribution in [0.15, 0.2) is 41.6 Å². The van der Waals surface area contributed by atoms with Gasteiger partial charge in [-0.15, -0.1) is 0 Å². The first-order chi connectivity index (χ1) is 17.1. The highest BCUT2D eigenvalue weighted by Gasteiger charge is 2.42. The van der Waals surface area contributed by atoms with Crippen molar-refractivity contribution in [2.45, 2.75) is 80.9 Å². The van der Waals surface area contributed by atoms with Gasteiger partial charge in [-0.1, -0.05) is 12.2 Å². The van der Waals surface area contributed by atoms with Gasteiger partial charge in [0.15, 0.2) is 9.84 Å². The highest BCUT2D eigenvalue weighted by Crippen LogP contribution is 2.36. The number of ether oxygens (including phenoxy) is 2. The van der Waals surface area contributed by atoms with Crippen LogP contribution in [0.2, 0.25) is 0 Å². The zero-order valence-corrected chi connectivity index (χ0v) is 21.2. The van der Waals surface area contributed by atoms with Crippen molar-refractivity contribution in [2.24, 2.45) is 0 Å². The highest BCUT2D eigenvalue weighted by atomic mass is 32.2. The number of rotatable bonds is 7. The Kier molecular flexibility index (Phi) is 6.36. The third kappa shape index (κ3) is 4.76. The van der Waals surface area contributed by atoms with Crippen molar-refractivity contribution in [1.29, 1.82) is 0 Å². The van der Waals surface area contributed by atoms with Crippen molar-refractivity contribution in [3.8, 4) is 5.88 Å². The van der Waals surface area contributed by atoms with Gasteiger partial charge in [0.2, 0.25) is 5.88 Å². The fourth-order valence-electron chi connectivity index (χ4n) is 4.65. The number of hydrogen-bond donors (Lipinski definition) is 1. The summed E-state index contributed by atoms with van der Waals surface area (Å²) in [5.41, 5.74) is 0.699. The van der Waals surface area contributed by atoms with Crippen LogP contribution in [0, 0.1) is 12.7 Å². The summed E-state index contributed by atoms with van der Waals surface area (Å²) in [6.45, 7) is 5.41. The van der Waals surface area contributed by atoms with Crippen LogP contribution in [-0.4, -0.2) is 58.9 Å². The van der Waals surface area contributed by atoms with Crippen LogP contribution >= 0.6 is 0 Å². The molecule has 1 N–H and O–H groups in total. The summed E-state index contributed by atoms with van der Waals surface area (Å²) < 4.78 is 51.2. The summed E-state index contributed by atoms with van der Waals surface area (Å²) in [5, 5.41) is 2.52. The van der Waals surface area contributed by atoms with Gasteiger partial charge in [-0.2, -0.15) is 0 Å². The molecule has 0 spiro atoms.